The minimum Gasteiger partial charge on any atom is -0.490 e. The van der Waals surface area contributed by atoms with Gasteiger partial charge in [-0.15, -0.1) is 0 Å². The Labute approximate surface area is 110 Å². The third kappa shape index (κ3) is 2.09. The fraction of sp³-hybridized carbons (Fsp3) is 0.417. The van der Waals surface area contributed by atoms with Gasteiger partial charge in [-0.1, -0.05) is 23.2 Å². The lowest BCUT2D eigenvalue weighted by Gasteiger charge is -2.24. The van der Waals surface area contributed by atoms with Crippen molar-refractivity contribution < 1.29 is 9.53 Å². The maximum absolute atomic E-state index is 12.2. The number of anilines is 1. The molecule has 1 aromatic rings. The number of carbonyl (C=O) groups excluding carboxylic acids is 1. The van der Waals surface area contributed by atoms with Crippen molar-refractivity contribution in [3.8, 4) is 5.75 Å². The predicted octanol–water partition coefficient (Wildman–Crippen LogP) is 3.37. The molecule has 0 bridgehead atoms. The average Bonchev–Trinajstić information content (AvgIpc) is 2.34. The predicted molar refractivity (Wildman–Crippen MR) is 69.1 cm³/mol. The van der Waals surface area contributed by atoms with E-state index in [1.807, 2.05) is 13.8 Å². The number of hydrogen-bond donors (Lipinski definition) is 0. The number of hydrogen-bond acceptors (Lipinski definition) is 2. The van der Waals surface area contributed by atoms with E-state index in [-0.39, 0.29) is 5.91 Å². The number of nitrogens with zero attached hydrogens (tertiary/aromatic N) is 1. The first-order valence-corrected chi connectivity index (χ1v) is 5.98. The third-order valence-corrected chi connectivity index (χ3v) is 3.56. The molecule has 0 aliphatic carbocycles. The van der Waals surface area contributed by atoms with Crippen LogP contribution in [0.15, 0.2) is 12.1 Å². The van der Waals surface area contributed by atoms with Gasteiger partial charge < -0.3 is 9.64 Å². The molecule has 5 heteroatoms. The van der Waals surface area contributed by atoms with Crippen LogP contribution in [0, 0.1) is 5.41 Å². The Kier molecular flexibility index (Phi) is 3.00. The highest BCUT2D eigenvalue weighted by Gasteiger charge is 2.36. The van der Waals surface area contributed by atoms with E-state index in [0.717, 1.165) is 0 Å². The molecule has 1 heterocycles. The van der Waals surface area contributed by atoms with Crippen LogP contribution in [-0.4, -0.2) is 19.6 Å². The summed E-state index contributed by atoms with van der Waals surface area (Å²) in [5, 5.41) is 0.833. The van der Waals surface area contributed by atoms with Crippen LogP contribution in [0.2, 0.25) is 10.0 Å². The Morgan fingerprint density at radius 2 is 1.88 bits per heavy atom. The minimum absolute atomic E-state index is 0.00496. The highest BCUT2D eigenvalue weighted by atomic mass is 35.5. The first-order valence-electron chi connectivity index (χ1n) is 5.23. The molecular weight excluding hydrogens is 261 g/mol. The Morgan fingerprint density at radius 3 is 2.53 bits per heavy atom. The van der Waals surface area contributed by atoms with Gasteiger partial charge in [0, 0.05) is 13.1 Å². The Morgan fingerprint density at radius 1 is 1.29 bits per heavy atom. The first-order chi connectivity index (χ1) is 7.83. The standard InChI is InChI=1S/C12H13Cl2NO2/c1-12(2)6-17-10-5-8(14)7(13)4-9(10)15(3)11(12)16/h4-5H,6H2,1-3H3. The van der Waals surface area contributed by atoms with Crippen molar-refractivity contribution in [1.82, 2.24) is 0 Å². The Bertz CT molecular complexity index is 486. The SMILES string of the molecule is CN1C(=O)C(C)(C)COc2cc(Cl)c(Cl)cc21. The number of fused-ring (bicyclic) bond motifs is 1. The molecular formula is C12H13Cl2NO2. The molecule has 1 aliphatic heterocycles. The normalized spacial score (nSPS) is 18.4. The van der Waals surface area contributed by atoms with Crippen LogP contribution in [0.25, 0.3) is 0 Å². The topological polar surface area (TPSA) is 29.5 Å². The van der Waals surface area contributed by atoms with Gasteiger partial charge in [-0.3, -0.25) is 4.79 Å². The molecule has 0 saturated carbocycles. The maximum atomic E-state index is 12.2. The van der Waals surface area contributed by atoms with E-state index in [4.69, 9.17) is 27.9 Å². The average molecular weight is 274 g/mol. The van der Waals surface area contributed by atoms with Gasteiger partial charge in [0.05, 0.1) is 21.1 Å². The van der Waals surface area contributed by atoms with Crippen molar-refractivity contribution >= 4 is 34.8 Å². The summed E-state index contributed by atoms with van der Waals surface area (Å²) >= 11 is 11.9. The Hall–Kier alpha value is -0.930. The van der Waals surface area contributed by atoms with Gasteiger partial charge in [-0.2, -0.15) is 0 Å². The number of rotatable bonds is 0. The number of amides is 1. The van der Waals surface area contributed by atoms with E-state index >= 15 is 0 Å². The zero-order valence-electron chi connectivity index (χ0n) is 9.88. The summed E-state index contributed by atoms with van der Waals surface area (Å²) < 4.78 is 5.63. The fourth-order valence-electron chi connectivity index (χ4n) is 1.78. The summed E-state index contributed by atoms with van der Waals surface area (Å²) in [6.07, 6.45) is 0. The van der Waals surface area contributed by atoms with Crippen molar-refractivity contribution in [3.63, 3.8) is 0 Å². The second-order valence-electron chi connectivity index (χ2n) is 4.77. The molecule has 1 aliphatic rings. The molecule has 0 saturated heterocycles. The molecule has 0 aromatic heterocycles. The smallest absolute Gasteiger partial charge is 0.235 e. The quantitative estimate of drug-likeness (QED) is 0.725. The van der Waals surface area contributed by atoms with Crippen LogP contribution in [0.5, 0.6) is 5.75 Å². The summed E-state index contributed by atoms with van der Waals surface area (Å²) in [6, 6.07) is 3.29. The van der Waals surface area contributed by atoms with E-state index < -0.39 is 5.41 Å². The number of halogens is 2. The first kappa shape index (κ1) is 12.5. The zero-order chi connectivity index (χ0) is 12.8. The van der Waals surface area contributed by atoms with Crippen molar-refractivity contribution in [2.24, 2.45) is 5.41 Å². The van der Waals surface area contributed by atoms with Gasteiger partial charge in [0.15, 0.2) is 0 Å². The molecule has 2 rings (SSSR count). The van der Waals surface area contributed by atoms with Crippen molar-refractivity contribution in [2.45, 2.75) is 13.8 Å². The summed E-state index contributed by atoms with van der Waals surface area (Å²) in [5.41, 5.74) is 0.0853. The fourth-order valence-corrected chi connectivity index (χ4v) is 2.09. The van der Waals surface area contributed by atoms with Crippen LogP contribution in [0.3, 0.4) is 0 Å². The second-order valence-corrected chi connectivity index (χ2v) is 5.59. The van der Waals surface area contributed by atoms with Crippen LogP contribution in [0.1, 0.15) is 13.8 Å². The lowest BCUT2D eigenvalue weighted by Crippen LogP contribution is -2.39. The highest BCUT2D eigenvalue weighted by Crippen LogP contribution is 2.40. The van der Waals surface area contributed by atoms with E-state index in [2.05, 4.69) is 0 Å². The van der Waals surface area contributed by atoms with Crippen molar-refractivity contribution in [1.29, 1.82) is 0 Å². The summed E-state index contributed by atoms with van der Waals surface area (Å²) in [4.78, 5) is 13.8. The van der Waals surface area contributed by atoms with E-state index in [1.165, 1.54) is 0 Å². The van der Waals surface area contributed by atoms with Crippen LogP contribution in [0.4, 0.5) is 5.69 Å². The number of carbonyl (C=O) groups is 1. The Balaban J connectivity index is 2.55. The molecule has 1 amide bonds. The molecule has 1 aromatic carbocycles. The van der Waals surface area contributed by atoms with Crippen LogP contribution in [-0.2, 0) is 4.79 Å². The molecule has 0 spiro atoms. The van der Waals surface area contributed by atoms with Gasteiger partial charge in [0.2, 0.25) is 5.91 Å². The van der Waals surface area contributed by atoms with Crippen molar-refractivity contribution in [3.05, 3.63) is 22.2 Å². The molecule has 0 unspecified atom stereocenters. The summed E-state index contributed by atoms with van der Waals surface area (Å²) in [5.74, 6) is 0.579. The third-order valence-electron chi connectivity index (χ3n) is 2.84. The minimum atomic E-state index is -0.563. The zero-order valence-corrected chi connectivity index (χ0v) is 11.4. The summed E-state index contributed by atoms with van der Waals surface area (Å²) in [7, 11) is 1.71. The lowest BCUT2D eigenvalue weighted by molar-refractivity contribution is -0.127. The van der Waals surface area contributed by atoms with Gasteiger partial charge in [0.25, 0.3) is 0 Å². The van der Waals surface area contributed by atoms with Crippen LogP contribution >= 0.6 is 23.2 Å². The second kappa shape index (κ2) is 4.07. The number of ether oxygens (including phenoxy) is 1. The highest BCUT2D eigenvalue weighted by molar-refractivity contribution is 6.42. The van der Waals surface area contributed by atoms with Gasteiger partial charge in [-0.25, -0.2) is 0 Å². The molecule has 3 nitrogen and oxygen atoms in total. The summed E-state index contributed by atoms with van der Waals surface area (Å²) in [6.45, 7) is 4.02. The molecule has 92 valence electrons. The largest absolute Gasteiger partial charge is 0.490 e. The molecule has 0 fully saturated rings. The van der Waals surface area contributed by atoms with E-state index in [0.29, 0.717) is 28.1 Å². The molecule has 17 heavy (non-hydrogen) atoms. The molecule has 0 N–H and O–H groups in total. The molecule has 0 atom stereocenters. The van der Waals surface area contributed by atoms with Gasteiger partial charge in [0.1, 0.15) is 12.4 Å². The van der Waals surface area contributed by atoms with E-state index in [9.17, 15) is 4.79 Å². The van der Waals surface area contributed by atoms with Gasteiger partial charge >= 0.3 is 0 Å². The lowest BCUT2D eigenvalue weighted by atomic mass is 9.93. The van der Waals surface area contributed by atoms with E-state index in [1.54, 1.807) is 24.1 Å². The van der Waals surface area contributed by atoms with Crippen LogP contribution < -0.4 is 9.64 Å². The maximum Gasteiger partial charge on any atom is 0.235 e. The monoisotopic (exact) mass is 273 g/mol. The van der Waals surface area contributed by atoms with Gasteiger partial charge in [-0.05, 0) is 19.9 Å². The molecule has 0 radical (unpaired) electrons. The number of benzene rings is 1. The van der Waals surface area contributed by atoms with Crippen molar-refractivity contribution in [2.75, 3.05) is 18.6 Å².